The molecule has 1 aliphatic rings. The Kier molecular flexibility index (Phi) is 3.29. The Morgan fingerprint density at radius 3 is 2.69 bits per heavy atom. The van der Waals surface area contributed by atoms with Crippen LogP contribution in [-0.4, -0.2) is 0 Å². The van der Waals surface area contributed by atoms with Gasteiger partial charge in [-0.25, -0.2) is 4.39 Å². The van der Waals surface area contributed by atoms with E-state index >= 15 is 0 Å². The normalized spacial score (nSPS) is 27.0. The summed E-state index contributed by atoms with van der Waals surface area (Å²) in [6.07, 6.45) is 3.76. The lowest BCUT2D eigenvalue weighted by Gasteiger charge is -2.24. The van der Waals surface area contributed by atoms with Crippen LogP contribution in [0.25, 0.3) is 0 Å². The average Bonchev–Trinajstić information content (AvgIpc) is 2.67. The molecule has 0 bridgehead atoms. The number of hydrogen-bond acceptors (Lipinski definition) is 1. The summed E-state index contributed by atoms with van der Waals surface area (Å²) in [6.45, 7) is 4.07. The van der Waals surface area contributed by atoms with E-state index in [0.29, 0.717) is 17.4 Å². The molecule has 0 radical (unpaired) electrons. The highest BCUT2D eigenvalue weighted by atomic mass is 19.1. The van der Waals surface area contributed by atoms with E-state index in [1.54, 1.807) is 6.92 Å². The van der Waals surface area contributed by atoms with Crippen molar-refractivity contribution in [2.75, 3.05) is 0 Å². The van der Waals surface area contributed by atoms with Crippen LogP contribution in [0.15, 0.2) is 18.2 Å². The van der Waals surface area contributed by atoms with Gasteiger partial charge < -0.3 is 5.73 Å². The minimum atomic E-state index is -0.143. The fourth-order valence-electron chi connectivity index (χ4n) is 2.83. The van der Waals surface area contributed by atoms with Crippen LogP contribution >= 0.6 is 0 Å². The standard InChI is InChI=1S/C14H20FN/c1-9-4-3-5-12(9)14(16)11-6-7-13(15)10(2)8-11/h6-9,12,14H,3-5,16H2,1-2H3. The molecule has 2 N–H and O–H groups in total. The first-order valence-corrected chi connectivity index (χ1v) is 6.11. The van der Waals surface area contributed by atoms with E-state index < -0.39 is 0 Å². The summed E-state index contributed by atoms with van der Waals surface area (Å²) >= 11 is 0. The summed E-state index contributed by atoms with van der Waals surface area (Å²) in [5, 5.41) is 0. The second-order valence-electron chi connectivity index (χ2n) is 5.11. The highest BCUT2D eigenvalue weighted by Crippen LogP contribution is 2.38. The monoisotopic (exact) mass is 221 g/mol. The third-order valence-electron chi connectivity index (χ3n) is 3.96. The van der Waals surface area contributed by atoms with Crippen LogP contribution in [0.4, 0.5) is 4.39 Å². The Hall–Kier alpha value is -0.890. The number of hydrogen-bond donors (Lipinski definition) is 1. The molecule has 3 unspecified atom stereocenters. The first kappa shape index (κ1) is 11.6. The van der Waals surface area contributed by atoms with E-state index in [-0.39, 0.29) is 11.9 Å². The van der Waals surface area contributed by atoms with Gasteiger partial charge in [0.1, 0.15) is 5.82 Å². The molecule has 0 saturated heterocycles. The lowest BCUT2D eigenvalue weighted by atomic mass is 9.86. The molecule has 1 aliphatic carbocycles. The second-order valence-corrected chi connectivity index (χ2v) is 5.11. The zero-order valence-corrected chi connectivity index (χ0v) is 10.0. The van der Waals surface area contributed by atoms with Gasteiger partial charge in [-0.05, 0) is 42.4 Å². The number of halogens is 1. The number of benzene rings is 1. The van der Waals surface area contributed by atoms with E-state index in [2.05, 4.69) is 6.92 Å². The Balaban J connectivity index is 2.20. The van der Waals surface area contributed by atoms with Crippen molar-refractivity contribution in [1.29, 1.82) is 0 Å². The van der Waals surface area contributed by atoms with Crippen molar-refractivity contribution in [3.8, 4) is 0 Å². The zero-order valence-electron chi connectivity index (χ0n) is 10.0. The maximum absolute atomic E-state index is 13.2. The number of nitrogens with two attached hydrogens (primary N) is 1. The Morgan fingerprint density at radius 2 is 2.12 bits per heavy atom. The largest absolute Gasteiger partial charge is 0.324 e. The van der Waals surface area contributed by atoms with E-state index in [0.717, 1.165) is 5.56 Å². The molecule has 1 saturated carbocycles. The van der Waals surface area contributed by atoms with Gasteiger partial charge in [0, 0.05) is 6.04 Å². The van der Waals surface area contributed by atoms with Crippen LogP contribution in [0, 0.1) is 24.6 Å². The highest BCUT2D eigenvalue weighted by molar-refractivity contribution is 5.27. The van der Waals surface area contributed by atoms with Crippen molar-refractivity contribution in [1.82, 2.24) is 0 Å². The van der Waals surface area contributed by atoms with E-state index in [1.165, 1.54) is 25.3 Å². The smallest absolute Gasteiger partial charge is 0.126 e. The molecule has 2 rings (SSSR count). The molecule has 88 valence electrons. The summed E-state index contributed by atoms with van der Waals surface area (Å²) in [5.74, 6) is 1.11. The average molecular weight is 221 g/mol. The quantitative estimate of drug-likeness (QED) is 0.811. The van der Waals surface area contributed by atoms with Crippen molar-refractivity contribution in [3.05, 3.63) is 35.1 Å². The van der Waals surface area contributed by atoms with Crippen molar-refractivity contribution >= 4 is 0 Å². The summed E-state index contributed by atoms with van der Waals surface area (Å²) in [7, 11) is 0. The van der Waals surface area contributed by atoms with Crippen LogP contribution in [0.2, 0.25) is 0 Å². The van der Waals surface area contributed by atoms with Gasteiger partial charge in [0.05, 0.1) is 0 Å². The van der Waals surface area contributed by atoms with Gasteiger partial charge >= 0.3 is 0 Å². The molecule has 0 spiro atoms. The minimum Gasteiger partial charge on any atom is -0.324 e. The first-order valence-electron chi connectivity index (χ1n) is 6.11. The van der Waals surface area contributed by atoms with E-state index in [9.17, 15) is 4.39 Å². The van der Waals surface area contributed by atoms with Gasteiger partial charge in [-0.3, -0.25) is 0 Å². The van der Waals surface area contributed by atoms with Crippen LogP contribution in [0.3, 0.4) is 0 Å². The SMILES string of the molecule is Cc1cc(C(N)C2CCCC2C)ccc1F. The van der Waals surface area contributed by atoms with Crippen LogP contribution in [0.1, 0.15) is 43.4 Å². The molecule has 0 heterocycles. The third-order valence-corrected chi connectivity index (χ3v) is 3.96. The summed E-state index contributed by atoms with van der Waals surface area (Å²) < 4.78 is 13.2. The maximum atomic E-state index is 13.2. The van der Waals surface area contributed by atoms with Gasteiger partial charge in [0.15, 0.2) is 0 Å². The van der Waals surface area contributed by atoms with Gasteiger partial charge in [-0.15, -0.1) is 0 Å². The van der Waals surface area contributed by atoms with Crippen molar-refractivity contribution < 1.29 is 4.39 Å². The van der Waals surface area contributed by atoms with Gasteiger partial charge in [-0.2, -0.15) is 0 Å². The predicted octanol–water partition coefficient (Wildman–Crippen LogP) is 3.57. The molecule has 3 atom stereocenters. The molecular formula is C14H20FN. The highest BCUT2D eigenvalue weighted by Gasteiger charge is 2.29. The molecule has 0 amide bonds. The lowest BCUT2D eigenvalue weighted by Crippen LogP contribution is -2.23. The van der Waals surface area contributed by atoms with Gasteiger partial charge in [0.25, 0.3) is 0 Å². The van der Waals surface area contributed by atoms with Crippen molar-refractivity contribution in [3.63, 3.8) is 0 Å². The minimum absolute atomic E-state index is 0.0665. The topological polar surface area (TPSA) is 26.0 Å². The molecule has 0 aromatic heterocycles. The first-order chi connectivity index (χ1) is 7.59. The third kappa shape index (κ3) is 2.12. The van der Waals surface area contributed by atoms with Gasteiger partial charge in [-0.1, -0.05) is 31.9 Å². The maximum Gasteiger partial charge on any atom is 0.126 e. The summed E-state index contributed by atoms with van der Waals surface area (Å²) in [5.41, 5.74) is 8.06. The second kappa shape index (κ2) is 4.54. The fraction of sp³-hybridized carbons (Fsp3) is 0.571. The molecular weight excluding hydrogens is 201 g/mol. The molecule has 1 nitrogen and oxygen atoms in total. The van der Waals surface area contributed by atoms with Gasteiger partial charge in [0.2, 0.25) is 0 Å². The Labute approximate surface area is 96.9 Å². The van der Waals surface area contributed by atoms with Crippen LogP contribution in [0.5, 0.6) is 0 Å². The molecule has 1 fully saturated rings. The Morgan fingerprint density at radius 1 is 1.38 bits per heavy atom. The van der Waals surface area contributed by atoms with Crippen molar-refractivity contribution in [2.45, 2.75) is 39.2 Å². The van der Waals surface area contributed by atoms with E-state index in [4.69, 9.17) is 5.73 Å². The van der Waals surface area contributed by atoms with Crippen LogP contribution < -0.4 is 5.73 Å². The van der Waals surface area contributed by atoms with Crippen LogP contribution in [-0.2, 0) is 0 Å². The Bertz CT molecular complexity index is 375. The predicted molar refractivity (Wildman–Crippen MR) is 64.6 cm³/mol. The summed E-state index contributed by atoms with van der Waals surface area (Å²) in [6, 6.07) is 5.32. The number of aryl methyl sites for hydroxylation is 1. The molecule has 0 aliphatic heterocycles. The molecule has 16 heavy (non-hydrogen) atoms. The lowest BCUT2D eigenvalue weighted by molar-refractivity contribution is 0.351. The zero-order chi connectivity index (χ0) is 11.7. The molecule has 2 heteroatoms. The summed E-state index contributed by atoms with van der Waals surface area (Å²) in [4.78, 5) is 0. The van der Waals surface area contributed by atoms with Crippen molar-refractivity contribution in [2.24, 2.45) is 17.6 Å². The fourth-order valence-corrected chi connectivity index (χ4v) is 2.83. The molecule has 1 aromatic rings. The number of rotatable bonds is 2. The molecule has 1 aromatic carbocycles. The van der Waals surface area contributed by atoms with E-state index in [1.807, 2.05) is 12.1 Å².